The molecule has 3 heterocycles. The summed E-state index contributed by atoms with van der Waals surface area (Å²) in [4.78, 5) is 98.8. The molecule has 3 saturated carbocycles. The third-order valence-corrected chi connectivity index (χ3v) is 13.6. The number of alkyl halides is 1. The van der Waals surface area contributed by atoms with Gasteiger partial charge in [-0.1, -0.05) is 72.7 Å². The first kappa shape index (κ1) is 62.8. The Labute approximate surface area is 469 Å². The molecular weight excluding hydrogens is 1090 g/mol. The topological polar surface area (TPSA) is 308 Å². The van der Waals surface area contributed by atoms with Crippen molar-refractivity contribution in [3.8, 4) is 0 Å². The molecule has 9 N–H and O–H groups in total. The van der Waals surface area contributed by atoms with Crippen LogP contribution in [0.25, 0.3) is 0 Å². The molecular formula is C52H60BrF3N9NaO11. The van der Waals surface area contributed by atoms with Crippen LogP contribution in [0, 0.1) is 35.2 Å². The van der Waals surface area contributed by atoms with Crippen LogP contribution in [0.5, 0.6) is 0 Å². The van der Waals surface area contributed by atoms with Crippen molar-refractivity contribution in [2.45, 2.75) is 94.0 Å². The van der Waals surface area contributed by atoms with Gasteiger partial charge in [0.2, 0.25) is 0 Å². The Kier molecular flexibility index (Phi) is 24.7. The van der Waals surface area contributed by atoms with Gasteiger partial charge in [0.05, 0.1) is 43.4 Å². The van der Waals surface area contributed by atoms with Gasteiger partial charge in [-0.25, -0.2) is 37.1 Å². The van der Waals surface area contributed by atoms with E-state index in [0.717, 1.165) is 42.7 Å². The van der Waals surface area contributed by atoms with Crippen LogP contribution in [0.4, 0.5) is 39.8 Å². The average molecular weight is 1150 g/mol. The molecule has 3 atom stereocenters. The van der Waals surface area contributed by atoms with Gasteiger partial charge in [0.1, 0.15) is 17.5 Å². The fraction of sp³-hybridized carbons (Fsp3) is 0.385. The van der Waals surface area contributed by atoms with Crippen molar-refractivity contribution in [3.05, 3.63) is 188 Å². The minimum absolute atomic E-state index is 0. The van der Waals surface area contributed by atoms with Gasteiger partial charge in [0, 0.05) is 41.6 Å². The number of anilines is 3. The number of amides is 2. The normalized spacial score (nSPS) is 14.3. The Morgan fingerprint density at radius 1 is 0.610 bits per heavy atom. The van der Waals surface area contributed by atoms with E-state index in [1.807, 2.05) is 4.98 Å². The number of benzene rings is 3. The smallest absolute Gasteiger partial charge is 0.870 e. The SMILES string of the molecule is COC(=O)Nc1cc(C(Br)CCC2CC2)ccc1F.COC(=O)Nc1cc(C(CCC2CC2)n2ccc(=O)[nH]c2=O)ccc1F.Nc1cc(C(CCC2CC2)n2ccc(=O)[nH]c2=O)ccc1F.O=c1cc[nH]c(=O)[nH]1.[Na+].[OH-]. The molecule has 408 valence electrons. The zero-order chi connectivity index (χ0) is 54.2. The summed E-state index contributed by atoms with van der Waals surface area (Å²) < 4.78 is 52.8. The number of nitrogen functional groups attached to an aromatic ring is 1. The minimum Gasteiger partial charge on any atom is -0.870 e. The van der Waals surface area contributed by atoms with Crippen molar-refractivity contribution in [1.29, 1.82) is 0 Å². The first-order valence-electron chi connectivity index (χ1n) is 24.3. The molecule has 3 unspecified atom stereocenters. The molecule has 3 aliphatic carbocycles. The van der Waals surface area contributed by atoms with Crippen LogP contribution in [0.1, 0.15) is 111 Å². The van der Waals surface area contributed by atoms with E-state index in [0.29, 0.717) is 23.8 Å². The molecule has 3 fully saturated rings. The fourth-order valence-corrected chi connectivity index (χ4v) is 8.54. The number of aromatic amines is 4. The van der Waals surface area contributed by atoms with E-state index in [1.165, 1.54) is 129 Å². The largest absolute Gasteiger partial charge is 1.00 e. The summed E-state index contributed by atoms with van der Waals surface area (Å²) >= 11 is 3.62. The Morgan fingerprint density at radius 3 is 1.40 bits per heavy atom. The summed E-state index contributed by atoms with van der Waals surface area (Å²) in [6, 6.07) is 16.8. The maximum atomic E-state index is 14.0. The number of nitrogens with two attached hydrogens (primary N) is 1. The summed E-state index contributed by atoms with van der Waals surface area (Å²) in [6.07, 6.45) is 15.8. The van der Waals surface area contributed by atoms with Gasteiger partial charge in [0.15, 0.2) is 0 Å². The van der Waals surface area contributed by atoms with Crippen molar-refractivity contribution >= 4 is 45.2 Å². The van der Waals surface area contributed by atoms with Crippen LogP contribution in [-0.4, -0.2) is 61.0 Å². The predicted octanol–water partition coefficient (Wildman–Crippen LogP) is 5.19. The van der Waals surface area contributed by atoms with Crippen molar-refractivity contribution in [2.75, 3.05) is 30.6 Å². The van der Waals surface area contributed by atoms with E-state index in [9.17, 15) is 51.5 Å². The average Bonchev–Trinajstić information content (AvgIpc) is 4.22. The van der Waals surface area contributed by atoms with Gasteiger partial charge < -0.3 is 25.7 Å². The maximum Gasteiger partial charge on any atom is 1.00 e. The van der Waals surface area contributed by atoms with Crippen molar-refractivity contribution < 1.29 is 67.3 Å². The second kappa shape index (κ2) is 30.3. The predicted molar refractivity (Wildman–Crippen MR) is 282 cm³/mol. The Bertz CT molecular complexity index is 3260. The number of aromatic nitrogens is 6. The van der Waals surface area contributed by atoms with Gasteiger partial charge in [0.25, 0.3) is 16.7 Å². The first-order valence-corrected chi connectivity index (χ1v) is 25.2. The summed E-state index contributed by atoms with van der Waals surface area (Å²) in [6.45, 7) is 0. The third-order valence-electron chi connectivity index (χ3n) is 12.7. The third kappa shape index (κ3) is 20.3. The second-order valence-electron chi connectivity index (χ2n) is 18.4. The van der Waals surface area contributed by atoms with Crippen LogP contribution in [-0.2, 0) is 9.47 Å². The van der Waals surface area contributed by atoms with Crippen LogP contribution in [0.3, 0.4) is 0 Å². The Morgan fingerprint density at radius 2 is 1.01 bits per heavy atom. The van der Waals surface area contributed by atoms with Gasteiger partial charge in [-0.2, -0.15) is 0 Å². The summed E-state index contributed by atoms with van der Waals surface area (Å²) in [7, 11) is 2.44. The van der Waals surface area contributed by atoms with E-state index in [-0.39, 0.29) is 74.6 Å². The molecule has 2 amide bonds. The standard InChI is InChI=1S/C18H20FN3O4.C16H18FN3O2.C14H17BrFNO2.C4H4N2O2.Na.H2O/c1-26-18(25)20-14-10-12(5-6-13(14)19)15(7-4-11-2-3-11)22-9-8-16(23)21-17(22)24;17-12-5-4-11(9-13(12)18)14(6-3-10-1-2-10)20-8-7-15(21)19-16(20)22;1-19-14(18)17-13-8-10(5-7-12(13)16)11(15)6-4-9-2-3-9;7-3-1-2-5-4(8)6-3;;/h5-6,8-11,15H,2-4,7H2,1H3,(H,20,25)(H,21,23,24);4-5,7-10,14H,1-3,6,18H2,(H,19,21,22);5,7-9,11H,2-4,6H2,1H3,(H,17,18);1-2H,(H2,5,6,7,8);;1H2/q;;;;+1;/p-1. The molecule has 3 aromatic carbocycles. The number of hydrogen-bond acceptors (Lipinski definition) is 12. The number of methoxy groups -OCH3 is 2. The summed E-state index contributed by atoms with van der Waals surface area (Å²) in [5.74, 6) is 0.680. The molecule has 0 bridgehead atoms. The van der Waals surface area contributed by atoms with Gasteiger partial charge in [-0.05, 0) is 109 Å². The van der Waals surface area contributed by atoms with Crippen LogP contribution in [0.2, 0.25) is 0 Å². The van der Waals surface area contributed by atoms with Crippen molar-refractivity contribution in [3.63, 3.8) is 0 Å². The fourth-order valence-electron chi connectivity index (χ4n) is 7.99. The number of nitrogens with zero attached hydrogens (tertiary/aromatic N) is 2. The number of nitrogens with one attached hydrogen (secondary N) is 6. The van der Waals surface area contributed by atoms with Gasteiger partial charge in [-0.15, -0.1) is 0 Å². The number of ether oxygens (including phenoxy) is 2. The van der Waals surface area contributed by atoms with E-state index in [2.05, 4.69) is 51.0 Å². The number of carbonyl (C=O) groups excluding carboxylic acids is 2. The monoisotopic (exact) mass is 1150 g/mol. The van der Waals surface area contributed by atoms with Crippen molar-refractivity contribution in [2.24, 2.45) is 17.8 Å². The molecule has 3 aliphatic rings. The molecule has 6 aromatic rings. The number of carbonyl (C=O) groups is 2. The van der Waals surface area contributed by atoms with Crippen molar-refractivity contribution in [1.82, 2.24) is 29.1 Å². The zero-order valence-electron chi connectivity index (χ0n) is 42.6. The summed E-state index contributed by atoms with van der Waals surface area (Å²) in [5.41, 5.74) is 5.49. The molecule has 0 aliphatic heterocycles. The molecule has 20 nitrogen and oxygen atoms in total. The Balaban J connectivity index is 0.000000231. The van der Waals surface area contributed by atoms with Gasteiger partial charge >= 0.3 is 58.8 Å². The van der Waals surface area contributed by atoms with Gasteiger partial charge in [-0.3, -0.25) is 49.1 Å². The molecule has 9 rings (SSSR count). The number of hydrogen-bond donors (Lipinski definition) is 7. The number of H-pyrrole nitrogens is 4. The quantitative estimate of drug-likeness (QED) is 0.0374. The summed E-state index contributed by atoms with van der Waals surface area (Å²) in [5, 5.41) is 4.70. The minimum atomic E-state index is -0.781. The molecule has 77 heavy (non-hydrogen) atoms. The van der Waals surface area contributed by atoms with Crippen LogP contribution in [0.15, 0.2) is 120 Å². The molecule has 3 aromatic heterocycles. The van der Waals surface area contributed by atoms with E-state index < -0.39 is 57.8 Å². The number of rotatable bonds is 16. The molecule has 0 radical (unpaired) electrons. The van der Waals surface area contributed by atoms with E-state index in [4.69, 9.17) is 5.73 Å². The van der Waals surface area contributed by atoms with Crippen LogP contribution >= 0.6 is 15.9 Å². The van der Waals surface area contributed by atoms with Crippen LogP contribution < -0.4 is 79.7 Å². The Hall–Kier alpha value is -6.73. The molecule has 25 heteroatoms. The number of halogens is 4. The molecule has 0 spiro atoms. The zero-order valence-corrected chi connectivity index (χ0v) is 46.2. The van der Waals surface area contributed by atoms with E-state index in [1.54, 1.807) is 30.3 Å². The van der Waals surface area contributed by atoms with E-state index >= 15 is 0 Å². The maximum absolute atomic E-state index is 14.0. The second-order valence-corrected chi connectivity index (χ2v) is 19.5. The molecule has 0 saturated heterocycles. The first-order chi connectivity index (χ1) is 35.9.